The van der Waals surface area contributed by atoms with Gasteiger partial charge in [0.1, 0.15) is 0 Å². The van der Waals surface area contributed by atoms with Crippen molar-refractivity contribution in [1.82, 2.24) is 19.9 Å². The van der Waals surface area contributed by atoms with E-state index in [1.807, 2.05) is 25.1 Å². The van der Waals surface area contributed by atoms with Crippen LogP contribution in [0.25, 0.3) is 16.9 Å². The van der Waals surface area contributed by atoms with Crippen LogP contribution in [0.4, 0.5) is 5.69 Å². The van der Waals surface area contributed by atoms with Gasteiger partial charge in [0.25, 0.3) is 5.91 Å². The summed E-state index contributed by atoms with van der Waals surface area (Å²) in [6, 6.07) is 7.72. The van der Waals surface area contributed by atoms with Gasteiger partial charge in [-0.2, -0.15) is 5.10 Å². The molecule has 0 radical (unpaired) electrons. The van der Waals surface area contributed by atoms with Crippen LogP contribution < -0.4 is 10.6 Å². The Morgan fingerprint density at radius 3 is 2.82 bits per heavy atom. The van der Waals surface area contributed by atoms with Crippen molar-refractivity contribution >= 4 is 34.6 Å². The minimum Gasteiger partial charge on any atom is -0.377 e. The van der Waals surface area contributed by atoms with Gasteiger partial charge in [-0.3, -0.25) is 4.79 Å². The summed E-state index contributed by atoms with van der Waals surface area (Å²) < 4.78 is 1.68. The van der Waals surface area contributed by atoms with Gasteiger partial charge in [0.2, 0.25) is 0 Å². The van der Waals surface area contributed by atoms with E-state index in [2.05, 4.69) is 20.7 Å². The minimum atomic E-state index is -0.0284. The van der Waals surface area contributed by atoms with Crippen molar-refractivity contribution < 1.29 is 4.79 Å². The zero-order valence-corrected chi connectivity index (χ0v) is 16.5. The normalized spacial score (nSPS) is 13.5. The molecule has 1 amide bonds. The van der Waals surface area contributed by atoms with E-state index in [9.17, 15) is 4.79 Å². The van der Waals surface area contributed by atoms with Crippen LogP contribution in [-0.4, -0.2) is 38.8 Å². The van der Waals surface area contributed by atoms with Crippen LogP contribution in [0.15, 0.2) is 30.5 Å². The monoisotopic (exact) mass is 396 g/mol. The Bertz CT molecular complexity index is 1090. The van der Waals surface area contributed by atoms with Crippen molar-refractivity contribution in [2.24, 2.45) is 0 Å². The van der Waals surface area contributed by atoms with Gasteiger partial charge >= 0.3 is 0 Å². The molecule has 4 rings (SSSR count). The summed E-state index contributed by atoms with van der Waals surface area (Å²) in [7, 11) is 0. The zero-order valence-electron chi connectivity index (χ0n) is 15.7. The number of rotatable bonds is 6. The summed E-state index contributed by atoms with van der Waals surface area (Å²) in [6.45, 7) is 4.06. The molecule has 1 aromatic carbocycles. The summed E-state index contributed by atoms with van der Waals surface area (Å²) in [4.78, 5) is 16.8. The molecule has 1 fully saturated rings. The van der Waals surface area contributed by atoms with Crippen molar-refractivity contribution in [2.75, 3.05) is 11.9 Å². The Kier molecular flexibility index (Phi) is 4.77. The predicted molar refractivity (Wildman–Crippen MR) is 111 cm³/mol. The largest absolute Gasteiger partial charge is 0.377 e. The SMILES string of the molecule is CC(=N)CNc1cc(Cl)nn2c(-c3ccc(C(=O)NC4CC4)c(C)c3)cnc12. The molecule has 1 saturated carbocycles. The highest BCUT2D eigenvalue weighted by molar-refractivity contribution is 6.29. The fourth-order valence-corrected chi connectivity index (χ4v) is 3.25. The molecule has 0 saturated heterocycles. The molecule has 8 heteroatoms. The maximum Gasteiger partial charge on any atom is 0.251 e. The van der Waals surface area contributed by atoms with Crippen LogP contribution in [0.5, 0.6) is 0 Å². The van der Waals surface area contributed by atoms with Crippen LogP contribution in [0.1, 0.15) is 35.7 Å². The second-order valence-corrected chi connectivity index (χ2v) is 7.56. The first-order valence-electron chi connectivity index (χ1n) is 9.16. The highest BCUT2D eigenvalue weighted by Gasteiger charge is 2.24. The third kappa shape index (κ3) is 3.71. The zero-order chi connectivity index (χ0) is 19.8. The number of benzene rings is 1. The summed E-state index contributed by atoms with van der Waals surface area (Å²) >= 11 is 6.20. The molecule has 0 unspecified atom stereocenters. The first kappa shape index (κ1) is 18.4. The molecule has 2 heterocycles. The number of amides is 1. The second-order valence-electron chi connectivity index (χ2n) is 7.17. The maximum absolute atomic E-state index is 12.4. The topological polar surface area (TPSA) is 95.2 Å². The number of anilines is 1. The molecule has 0 spiro atoms. The number of fused-ring (bicyclic) bond motifs is 1. The number of aryl methyl sites for hydroxylation is 1. The number of hydrogen-bond donors (Lipinski definition) is 3. The average Bonchev–Trinajstić information content (AvgIpc) is 3.35. The van der Waals surface area contributed by atoms with E-state index in [0.717, 1.165) is 35.3 Å². The van der Waals surface area contributed by atoms with Crippen LogP contribution in [-0.2, 0) is 0 Å². The Hall–Kier alpha value is -2.93. The van der Waals surface area contributed by atoms with Crippen molar-refractivity contribution in [2.45, 2.75) is 32.7 Å². The Labute approximate surface area is 167 Å². The molecule has 7 nitrogen and oxygen atoms in total. The van der Waals surface area contributed by atoms with Gasteiger partial charge in [-0.05, 0) is 44.4 Å². The number of aromatic nitrogens is 3. The molecule has 3 aromatic rings. The quantitative estimate of drug-likeness (QED) is 0.553. The van der Waals surface area contributed by atoms with E-state index in [1.165, 1.54) is 0 Å². The molecule has 2 aromatic heterocycles. The van der Waals surface area contributed by atoms with Gasteiger partial charge in [-0.25, -0.2) is 9.50 Å². The molecule has 144 valence electrons. The molecule has 28 heavy (non-hydrogen) atoms. The fourth-order valence-electron chi connectivity index (χ4n) is 3.06. The van der Waals surface area contributed by atoms with Crippen molar-refractivity contribution in [3.8, 4) is 11.3 Å². The number of imidazole rings is 1. The maximum atomic E-state index is 12.4. The number of carbonyl (C=O) groups excluding carboxylic acids is 1. The first-order chi connectivity index (χ1) is 13.4. The summed E-state index contributed by atoms with van der Waals surface area (Å²) in [6.07, 6.45) is 3.86. The van der Waals surface area contributed by atoms with Gasteiger partial charge in [-0.1, -0.05) is 17.7 Å². The van der Waals surface area contributed by atoms with Crippen molar-refractivity contribution in [3.05, 3.63) is 46.7 Å². The number of halogens is 1. The first-order valence-corrected chi connectivity index (χ1v) is 9.54. The average molecular weight is 397 g/mol. The lowest BCUT2D eigenvalue weighted by molar-refractivity contribution is 0.0950. The molecular weight excluding hydrogens is 376 g/mol. The lowest BCUT2D eigenvalue weighted by Crippen LogP contribution is -2.26. The molecular formula is C20H21ClN6O. The van der Waals surface area contributed by atoms with Crippen LogP contribution in [0.2, 0.25) is 5.15 Å². The summed E-state index contributed by atoms with van der Waals surface area (Å²) in [5, 5.41) is 18.5. The van der Waals surface area contributed by atoms with Crippen LogP contribution in [0, 0.1) is 12.3 Å². The second kappa shape index (κ2) is 7.24. The van der Waals surface area contributed by atoms with Gasteiger partial charge in [0.05, 0.1) is 24.1 Å². The lowest BCUT2D eigenvalue weighted by Gasteiger charge is -2.10. The van der Waals surface area contributed by atoms with Crippen LogP contribution in [0.3, 0.4) is 0 Å². The summed E-state index contributed by atoms with van der Waals surface area (Å²) in [5.41, 5.74) is 5.11. The van der Waals surface area contributed by atoms with Gasteiger partial charge in [0.15, 0.2) is 10.8 Å². The van der Waals surface area contributed by atoms with E-state index in [0.29, 0.717) is 34.7 Å². The molecule has 0 aliphatic heterocycles. The summed E-state index contributed by atoms with van der Waals surface area (Å²) in [5.74, 6) is -0.0284. The number of nitrogens with zero attached hydrogens (tertiary/aromatic N) is 3. The van der Waals surface area contributed by atoms with E-state index in [1.54, 1.807) is 23.7 Å². The number of nitrogens with one attached hydrogen (secondary N) is 3. The molecule has 0 atom stereocenters. The van der Waals surface area contributed by atoms with Crippen LogP contribution >= 0.6 is 11.6 Å². The Balaban J connectivity index is 1.69. The highest BCUT2D eigenvalue weighted by Crippen LogP contribution is 2.27. The Morgan fingerprint density at radius 1 is 1.36 bits per heavy atom. The molecule has 1 aliphatic carbocycles. The van der Waals surface area contributed by atoms with E-state index in [-0.39, 0.29) is 5.91 Å². The van der Waals surface area contributed by atoms with Gasteiger partial charge in [-0.15, -0.1) is 0 Å². The predicted octanol–water partition coefficient (Wildman–Crippen LogP) is 3.70. The minimum absolute atomic E-state index is 0.0284. The molecule has 3 N–H and O–H groups in total. The van der Waals surface area contributed by atoms with Gasteiger partial charge < -0.3 is 16.0 Å². The number of carbonyl (C=O) groups is 1. The fraction of sp³-hybridized carbons (Fsp3) is 0.300. The number of hydrogen-bond acceptors (Lipinski definition) is 5. The highest BCUT2D eigenvalue weighted by atomic mass is 35.5. The third-order valence-electron chi connectivity index (χ3n) is 4.66. The van der Waals surface area contributed by atoms with E-state index >= 15 is 0 Å². The molecule has 1 aliphatic rings. The molecule has 0 bridgehead atoms. The van der Waals surface area contributed by atoms with Crippen molar-refractivity contribution in [3.63, 3.8) is 0 Å². The Morgan fingerprint density at radius 2 is 2.14 bits per heavy atom. The third-order valence-corrected chi connectivity index (χ3v) is 4.85. The van der Waals surface area contributed by atoms with E-state index < -0.39 is 0 Å². The van der Waals surface area contributed by atoms with Crippen molar-refractivity contribution in [1.29, 1.82) is 5.41 Å². The van der Waals surface area contributed by atoms with Gasteiger partial charge in [0, 0.05) is 28.9 Å². The standard InChI is InChI=1S/C20H21ClN6O/c1-11-7-13(3-6-15(11)20(28)25-14-4-5-14)17-10-24-19-16(23-9-12(2)22)8-18(21)26-27(17)19/h3,6-8,10,14,22-23H,4-5,9H2,1-2H3,(H,25,28). The lowest BCUT2D eigenvalue weighted by atomic mass is 10.0. The van der Waals surface area contributed by atoms with E-state index in [4.69, 9.17) is 17.0 Å². The smallest absolute Gasteiger partial charge is 0.251 e.